The third kappa shape index (κ3) is 3.81. The van der Waals surface area contributed by atoms with Gasteiger partial charge in [-0.15, -0.1) is 0 Å². The Hall–Kier alpha value is -3.54. The Bertz CT molecular complexity index is 1300. The first-order valence-corrected chi connectivity index (χ1v) is 9.42. The molecule has 3 aromatic heterocycles. The van der Waals surface area contributed by atoms with Gasteiger partial charge in [0.25, 0.3) is 0 Å². The molecule has 3 heterocycles. The first-order chi connectivity index (χ1) is 14.6. The van der Waals surface area contributed by atoms with Crippen molar-refractivity contribution in [3.05, 3.63) is 64.8 Å². The summed E-state index contributed by atoms with van der Waals surface area (Å²) in [6.07, 6.45) is 4.54. The number of nitriles is 1. The zero-order chi connectivity index (χ0) is 21.1. The maximum atomic E-state index is 12.6. The van der Waals surface area contributed by atoms with E-state index in [4.69, 9.17) is 21.1 Å². The number of carbonyl (C=O) groups excluding carboxylic acids is 1. The van der Waals surface area contributed by atoms with Crippen LogP contribution in [0.2, 0.25) is 5.02 Å². The van der Waals surface area contributed by atoms with Gasteiger partial charge in [0.1, 0.15) is 24.7 Å². The number of aromatic nitrogens is 4. The molecule has 0 aliphatic rings. The van der Waals surface area contributed by atoms with Crippen molar-refractivity contribution in [3.63, 3.8) is 0 Å². The summed E-state index contributed by atoms with van der Waals surface area (Å²) in [6, 6.07) is 9.69. The van der Waals surface area contributed by atoms with Crippen molar-refractivity contribution in [2.75, 3.05) is 20.3 Å². The van der Waals surface area contributed by atoms with E-state index in [0.29, 0.717) is 22.6 Å². The molecule has 30 heavy (non-hydrogen) atoms. The number of ether oxygens (including phenoxy) is 2. The molecule has 0 radical (unpaired) electrons. The van der Waals surface area contributed by atoms with Crippen LogP contribution >= 0.6 is 11.6 Å². The molecule has 0 fully saturated rings. The Morgan fingerprint density at radius 2 is 2.10 bits per heavy atom. The maximum Gasteiger partial charge on any atom is 0.340 e. The van der Waals surface area contributed by atoms with Gasteiger partial charge in [-0.25, -0.2) is 14.8 Å². The van der Waals surface area contributed by atoms with Crippen molar-refractivity contribution >= 4 is 39.5 Å². The van der Waals surface area contributed by atoms with E-state index in [1.165, 1.54) is 13.4 Å². The average Bonchev–Trinajstić information content (AvgIpc) is 3.12. The molecule has 1 aromatic carbocycles. The highest BCUT2D eigenvalue weighted by Gasteiger charge is 2.21. The monoisotopic (exact) mass is 421 g/mol. The Kier molecular flexibility index (Phi) is 5.57. The quantitative estimate of drug-likeness (QED) is 0.347. The Morgan fingerprint density at radius 3 is 2.90 bits per heavy atom. The van der Waals surface area contributed by atoms with Crippen LogP contribution in [0.3, 0.4) is 0 Å². The van der Waals surface area contributed by atoms with Gasteiger partial charge in [-0.05, 0) is 23.8 Å². The summed E-state index contributed by atoms with van der Waals surface area (Å²) >= 11 is 6.06. The lowest BCUT2D eigenvalue weighted by atomic mass is 10.1. The fraction of sp³-hybridized carbons (Fsp3) is 0.190. The van der Waals surface area contributed by atoms with E-state index >= 15 is 0 Å². The lowest BCUT2D eigenvalue weighted by Gasteiger charge is -2.06. The van der Waals surface area contributed by atoms with Gasteiger partial charge in [0.15, 0.2) is 5.69 Å². The van der Waals surface area contributed by atoms with Crippen LogP contribution in [0.4, 0.5) is 0 Å². The second-order valence-electron chi connectivity index (χ2n) is 6.51. The number of carbonyl (C=O) groups is 1. The number of hydrogen-bond donors (Lipinski definition) is 0. The predicted molar refractivity (Wildman–Crippen MR) is 110 cm³/mol. The summed E-state index contributed by atoms with van der Waals surface area (Å²) in [7, 11) is 1.52. The number of fused-ring (bicyclic) bond motifs is 2. The minimum absolute atomic E-state index is 0.107. The molecule has 0 bridgehead atoms. The van der Waals surface area contributed by atoms with Crippen molar-refractivity contribution in [2.24, 2.45) is 0 Å². The van der Waals surface area contributed by atoms with Crippen LogP contribution in [0.25, 0.3) is 21.9 Å². The van der Waals surface area contributed by atoms with Gasteiger partial charge < -0.3 is 14.0 Å². The topological polar surface area (TPSA) is 103 Å². The second-order valence-corrected chi connectivity index (χ2v) is 6.95. The Morgan fingerprint density at radius 1 is 1.23 bits per heavy atom. The fourth-order valence-electron chi connectivity index (χ4n) is 3.23. The highest BCUT2D eigenvalue weighted by atomic mass is 35.5. The molecule has 4 aromatic rings. The smallest absolute Gasteiger partial charge is 0.340 e. The fourth-order valence-corrected chi connectivity index (χ4v) is 3.39. The molecule has 0 unspecified atom stereocenters. The zero-order valence-electron chi connectivity index (χ0n) is 16.0. The largest absolute Gasteiger partial charge is 0.460 e. The molecule has 4 rings (SSSR count). The van der Waals surface area contributed by atoms with Crippen molar-refractivity contribution < 1.29 is 14.3 Å². The lowest BCUT2D eigenvalue weighted by molar-refractivity contribution is 0.0390. The van der Waals surface area contributed by atoms with E-state index in [0.717, 1.165) is 16.5 Å². The molecular formula is C21H16ClN5O3. The van der Waals surface area contributed by atoms with Crippen LogP contribution in [0, 0.1) is 11.3 Å². The zero-order valence-corrected chi connectivity index (χ0v) is 16.8. The van der Waals surface area contributed by atoms with E-state index in [1.807, 2.05) is 30.3 Å². The van der Waals surface area contributed by atoms with E-state index in [-0.39, 0.29) is 24.5 Å². The van der Waals surface area contributed by atoms with Gasteiger partial charge in [0.2, 0.25) is 0 Å². The van der Waals surface area contributed by atoms with Crippen molar-refractivity contribution in [3.8, 4) is 6.07 Å². The number of pyridine rings is 1. The van der Waals surface area contributed by atoms with Crippen LogP contribution in [0.15, 0.2) is 43.0 Å². The maximum absolute atomic E-state index is 12.6. The number of hydrogen-bond acceptors (Lipinski definition) is 7. The van der Waals surface area contributed by atoms with E-state index in [9.17, 15) is 10.1 Å². The van der Waals surface area contributed by atoms with E-state index in [1.54, 1.807) is 17.0 Å². The number of benzene rings is 1. The van der Waals surface area contributed by atoms with Gasteiger partial charge in [0, 0.05) is 31.4 Å². The van der Waals surface area contributed by atoms with E-state index < -0.39 is 5.97 Å². The molecule has 0 amide bonds. The minimum Gasteiger partial charge on any atom is -0.460 e. The Labute approximate surface area is 176 Å². The molecule has 0 aliphatic heterocycles. The molecule has 0 saturated heterocycles. The third-order valence-electron chi connectivity index (χ3n) is 4.57. The molecule has 0 spiro atoms. The molecule has 9 heteroatoms. The van der Waals surface area contributed by atoms with Crippen LogP contribution in [0.5, 0.6) is 0 Å². The number of esters is 1. The molecule has 0 saturated carbocycles. The van der Waals surface area contributed by atoms with Crippen LogP contribution in [-0.2, 0) is 16.0 Å². The number of halogens is 1. The van der Waals surface area contributed by atoms with Crippen molar-refractivity contribution in [2.45, 2.75) is 6.54 Å². The van der Waals surface area contributed by atoms with Gasteiger partial charge in [-0.3, -0.25) is 4.98 Å². The number of rotatable bonds is 6. The normalized spacial score (nSPS) is 11.0. The summed E-state index contributed by atoms with van der Waals surface area (Å²) in [5, 5.41) is 11.3. The number of nitrogens with zero attached hydrogens (tertiary/aromatic N) is 5. The van der Waals surface area contributed by atoms with Crippen LogP contribution in [-0.4, -0.2) is 45.8 Å². The Balaban J connectivity index is 1.76. The van der Waals surface area contributed by atoms with Gasteiger partial charge >= 0.3 is 5.97 Å². The first-order valence-electron chi connectivity index (χ1n) is 9.05. The summed E-state index contributed by atoms with van der Waals surface area (Å²) in [4.78, 5) is 25.2. The molecule has 0 aliphatic carbocycles. The second kappa shape index (κ2) is 8.45. The number of methoxy groups -OCH3 is 1. The standard InChI is InChI=1S/C21H16ClN5O3/c1-29-4-5-30-21(28)16-11-27(20-19(16)18(8-23)25-12-26-20)10-13-2-3-17-14(6-13)7-15(22)9-24-17/h2-3,6-7,9,11-12H,4-5,10H2,1H3. The molecule has 8 nitrogen and oxygen atoms in total. The average molecular weight is 422 g/mol. The molecule has 150 valence electrons. The third-order valence-corrected chi connectivity index (χ3v) is 4.77. The summed E-state index contributed by atoms with van der Waals surface area (Å²) in [5.74, 6) is -0.559. The lowest BCUT2D eigenvalue weighted by Crippen LogP contribution is -2.10. The first kappa shape index (κ1) is 19.8. The van der Waals surface area contributed by atoms with Crippen molar-refractivity contribution in [1.82, 2.24) is 19.5 Å². The SMILES string of the molecule is COCCOC(=O)c1cn(Cc2ccc3ncc(Cl)cc3c2)c2ncnc(C#N)c12. The summed E-state index contributed by atoms with van der Waals surface area (Å²) in [6.45, 7) is 0.807. The van der Waals surface area contributed by atoms with E-state index in [2.05, 4.69) is 15.0 Å². The highest BCUT2D eigenvalue weighted by Crippen LogP contribution is 2.25. The van der Waals surface area contributed by atoms with Gasteiger partial charge in [-0.1, -0.05) is 17.7 Å². The van der Waals surface area contributed by atoms with Gasteiger partial charge in [-0.2, -0.15) is 5.26 Å². The highest BCUT2D eigenvalue weighted by molar-refractivity contribution is 6.31. The van der Waals surface area contributed by atoms with Gasteiger partial charge in [0.05, 0.1) is 28.1 Å². The van der Waals surface area contributed by atoms with Crippen LogP contribution in [0.1, 0.15) is 21.6 Å². The predicted octanol–water partition coefficient (Wildman–Crippen LogP) is 3.36. The molecule has 0 atom stereocenters. The molecule has 0 N–H and O–H groups in total. The minimum atomic E-state index is -0.559. The summed E-state index contributed by atoms with van der Waals surface area (Å²) in [5.41, 5.74) is 2.62. The molecular weight excluding hydrogens is 406 g/mol. The van der Waals surface area contributed by atoms with Crippen molar-refractivity contribution in [1.29, 1.82) is 5.26 Å². The van der Waals surface area contributed by atoms with Crippen LogP contribution < -0.4 is 0 Å². The summed E-state index contributed by atoms with van der Waals surface area (Å²) < 4.78 is 12.0.